The molecule has 1 amide bonds. The lowest BCUT2D eigenvalue weighted by atomic mass is 10.3. The van der Waals surface area contributed by atoms with Crippen LogP contribution in [0.4, 0.5) is 19.3 Å². The fourth-order valence-corrected chi connectivity index (χ4v) is 1.32. The molecule has 0 spiro atoms. The lowest BCUT2D eigenvalue weighted by Gasteiger charge is -2.07. The number of carbonyl (C=O) groups is 1. The topological polar surface area (TPSA) is 38.3 Å². The fraction of sp³-hybridized carbons (Fsp3) is 0. The Labute approximate surface area is 102 Å². The third-order valence-corrected chi connectivity index (χ3v) is 2.12. The molecule has 1 N–H and O–H groups in total. The first-order valence-electron chi connectivity index (χ1n) is 5.14. The van der Waals surface area contributed by atoms with Crippen molar-refractivity contribution in [1.82, 2.24) is 0 Å². The number of benzene rings is 2. The molecule has 0 heterocycles. The minimum atomic E-state index is -0.884. The number of nitrogens with one attached hydrogen (secondary N) is 1. The molecule has 0 aliphatic heterocycles. The summed E-state index contributed by atoms with van der Waals surface area (Å²) in [5.74, 6) is -1.07. The van der Waals surface area contributed by atoms with Crippen molar-refractivity contribution in [2.75, 3.05) is 5.32 Å². The molecule has 0 saturated carbocycles. The van der Waals surface area contributed by atoms with Crippen LogP contribution in [0, 0.1) is 11.6 Å². The van der Waals surface area contributed by atoms with Crippen molar-refractivity contribution < 1.29 is 18.3 Å². The molecule has 18 heavy (non-hydrogen) atoms. The maximum atomic E-state index is 13.2. The number of amides is 1. The van der Waals surface area contributed by atoms with Crippen molar-refractivity contribution in [2.45, 2.75) is 0 Å². The van der Waals surface area contributed by atoms with Gasteiger partial charge in [0.05, 0.1) is 5.69 Å². The van der Waals surface area contributed by atoms with Crippen LogP contribution in [-0.4, -0.2) is 6.09 Å². The van der Waals surface area contributed by atoms with Gasteiger partial charge in [0.2, 0.25) is 0 Å². The Morgan fingerprint density at radius 2 is 1.78 bits per heavy atom. The Hall–Kier alpha value is -2.43. The molecule has 0 aliphatic rings. The number of hydrogen-bond donors (Lipinski definition) is 1. The maximum absolute atomic E-state index is 13.2. The first-order valence-corrected chi connectivity index (χ1v) is 5.14. The molecule has 92 valence electrons. The summed E-state index contributed by atoms with van der Waals surface area (Å²) in [5, 5.41) is 2.12. The summed E-state index contributed by atoms with van der Waals surface area (Å²) in [4.78, 5) is 11.4. The summed E-state index contributed by atoms with van der Waals surface area (Å²) < 4.78 is 31.0. The van der Waals surface area contributed by atoms with Crippen molar-refractivity contribution in [3.63, 3.8) is 0 Å². The number of hydrogen-bond acceptors (Lipinski definition) is 2. The van der Waals surface area contributed by atoms with Crippen molar-refractivity contribution in [2.24, 2.45) is 0 Å². The summed E-state index contributed by atoms with van der Waals surface area (Å²) in [6.07, 6.45) is -0.884. The van der Waals surface area contributed by atoms with E-state index in [1.54, 1.807) is 30.3 Å². The summed E-state index contributed by atoms with van der Waals surface area (Å²) in [5.41, 5.74) is -0.268. The molecule has 0 bridgehead atoms. The van der Waals surface area contributed by atoms with E-state index in [1.165, 1.54) is 0 Å². The lowest BCUT2D eigenvalue weighted by molar-refractivity contribution is 0.215. The average Bonchev–Trinajstić information content (AvgIpc) is 2.35. The van der Waals surface area contributed by atoms with E-state index in [-0.39, 0.29) is 5.69 Å². The van der Waals surface area contributed by atoms with Gasteiger partial charge in [-0.15, -0.1) is 0 Å². The van der Waals surface area contributed by atoms with Crippen LogP contribution >= 0.6 is 0 Å². The molecular formula is C13H9F2NO2. The van der Waals surface area contributed by atoms with Gasteiger partial charge in [0.1, 0.15) is 17.4 Å². The predicted molar refractivity (Wildman–Crippen MR) is 62.4 cm³/mol. The molecule has 3 nitrogen and oxygen atoms in total. The molecule has 0 fully saturated rings. The molecule has 0 radical (unpaired) electrons. The largest absolute Gasteiger partial charge is 0.417 e. The van der Waals surface area contributed by atoms with Crippen LogP contribution in [0.5, 0.6) is 5.75 Å². The molecule has 0 atom stereocenters. The smallest absolute Gasteiger partial charge is 0.410 e. The highest BCUT2D eigenvalue weighted by molar-refractivity contribution is 5.86. The van der Waals surface area contributed by atoms with E-state index >= 15 is 0 Å². The third kappa shape index (κ3) is 3.04. The zero-order valence-electron chi connectivity index (χ0n) is 9.19. The summed E-state index contributed by atoms with van der Waals surface area (Å²) in [7, 11) is 0. The second-order valence-corrected chi connectivity index (χ2v) is 3.45. The Morgan fingerprint density at radius 3 is 2.50 bits per heavy atom. The van der Waals surface area contributed by atoms with Crippen LogP contribution in [-0.2, 0) is 0 Å². The third-order valence-electron chi connectivity index (χ3n) is 2.12. The second-order valence-electron chi connectivity index (χ2n) is 3.45. The molecule has 2 aromatic rings. The van der Waals surface area contributed by atoms with E-state index < -0.39 is 17.7 Å². The van der Waals surface area contributed by atoms with Gasteiger partial charge in [-0.3, -0.25) is 5.32 Å². The second kappa shape index (κ2) is 5.27. The van der Waals surface area contributed by atoms with Gasteiger partial charge in [-0.2, -0.15) is 0 Å². The van der Waals surface area contributed by atoms with Crippen LogP contribution in [0.1, 0.15) is 0 Å². The van der Waals surface area contributed by atoms with Crippen LogP contribution in [0.2, 0.25) is 0 Å². The fourth-order valence-electron chi connectivity index (χ4n) is 1.32. The molecule has 5 heteroatoms. The van der Waals surface area contributed by atoms with E-state index in [1.807, 2.05) is 0 Å². The minimum absolute atomic E-state index is 0.268. The number of ether oxygens (including phenoxy) is 1. The SMILES string of the molecule is O=C(Nc1cc(F)ccc1F)Oc1ccccc1. The Morgan fingerprint density at radius 1 is 1.06 bits per heavy atom. The van der Waals surface area contributed by atoms with Gasteiger partial charge in [0.15, 0.2) is 0 Å². The molecule has 2 aromatic carbocycles. The molecule has 2 rings (SSSR count). The molecule has 0 aromatic heterocycles. The molecular weight excluding hydrogens is 240 g/mol. The number of rotatable bonds is 2. The predicted octanol–water partition coefficient (Wildman–Crippen LogP) is 3.58. The first-order chi connectivity index (χ1) is 8.65. The number of carbonyl (C=O) groups excluding carboxylic acids is 1. The van der Waals surface area contributed by atoms with E-state index in [4.69, 9.17) is 4.74 Å². The average molecular weight is 249 g/mol. The van der Waals surface area contributed by atoms with E-state index in [0.717, 1.165) is 18.2 Å². The van der Waals surface area contributed by atoms with Crippen LogP contribution in [0.25, 0.3) is 0 Å². The summed E-state index contributed by atoms with van der Waals surface area (Å²) in [6.45, 7) is 0. The highest BCUT2D eigenvalue weighted by atomic mass is 19.1. The Kier molecular flexibility index (Phi) is 3.52. The van der Waals surface area contributed by atoms with E-state index in [9.17, 15) is 13.6 Å². The van der Waals surface area contributed by atoms with Gasteiger partial charge in [-0.25, -0.2) is 13.6 Å². The number of para-hydroxylation sites is 1. The van der Waals surface area contributed by atoms with Gasteiger partial charge < -0.3 is 4.74 Å². The van der Waals surface area contributed by atoms with Gasteiger partial charge >= 0.3 is 6.09 Å². The van der Waals surface area contributed by atoms with Gasteiger partial charge in [0.25, 0.3) is 0 Å². The first kappa shape index (κ1) is 12.0. The summed E-state index contributed by atoms with van der Waals surface area (Å²) in [6, 6.07) is 11.0. The highest BCUT2D eigenvalue weighted by Crippen LogP contribution is 2.16. The van der Waals surface area contributed by atoms with Crippen LogP contribution in [0.15, 0.2) is 48.5 Å². The van der Waals surface area contributed by atoms with E-state index in [0.29, 0.717) is 5.75 Å². The lowest BCUT2D eigenvalue weighted by Crippen LogP contribution is -2.17. The molecule has 0 aliphatic carbocycles. The minimum Gasteiger partial charge on any atom is -0.410 e. The van der Waals surface area contributed by atoms with Gasteiger partial charge in [-0.05, 0) is 24.3 Å². The van der Waals surface area contributed by atoms with Gasteiger partial charge in [-0.1, -0.05) is 18.2 Å². The standard InChI is InChI=1S/C13H9F2NO2/c14-9-6-7-11(15)12(8-9)16-13(17)18-10-4-2-1-3-5-10/h1-8H,(H,16,17). The Bertz CT molecular complexity index is 558. The van der Waals surface area contributed by atoms with Crippen molar-refractivity contribution in [3.8, 4) is 5.75 Å². The van der Waals surface area contributed by atoms with Crippen molar-refractivity contribution >= 4 is 11.8 Å². The van der Waals surface area contributed by atoms with E-state index in [2.05, 4.69) is 5.32 Å². The van der Waals surface area contributed by atoms with Gasteiger partial charge in [0, 0.05) is 6.07 Å². The number of halogens is 2. The maximum Gasteiger partial charge on any atom is 0.417 e. The molecule has 0 saturated heterocycles. The highest BCUT2D eigenvalue weighted by Gasteiger charge is 2.09. The Balaban J connectivity index is 2.05. The van der Waals surface area contributed by atoms with Crippen LogP contribution in [0.3, 0.4) is 0 Å². The van der Waals surface area contributed by atoms with Crippen molar-refractivity contribution in [3.05, 3.63) is 60.2 Å². The zero-order chi connectivity index (χ0) is 13.0. The normalized spacial score (nSPS) is 9.89. The molecule has 0 unspecified atom stereocenters. The van der Waals surface area contributed by atoms with Crippen LogP contribution < -0.4 is 10.1 Å². The quantitative estimate of drug-likeness (QED) is 0.883. The monoisotopic (exact) mass is 249 g/mol. The number of anilines is 1. The zero-order valence-corrected chi connectivity index (χ0v) is 9.19. The summed E-state index contributed by atoms with van der Waals surface area (Å²) >= 11 is 0. The van der Waals surface area contributed by atoms with Crippen molar-refractivity contribution in [1.29, 1.82) is 0 Å².